The van der Waals surface area contributed by atoms with Crippen LogP contribution in [0.1, 0.15) is 58.8 Å². The quantitative estimate of drug-likeness (QED) is 0.693. The van der Waals surface area contributed by atoms with E-state index in [0.29, 0.717) is 11.8 Å². The summed E-state index contributed by atoms with van der Waals surface area (Å²) in [7, 11) is 0. The summed E-state index contributed by atoms with van der Waals surface area (Å²) in [6, 6.07) is 2.72. The first-order valence-electron chi connectivity index (χ1n) is 7.35. The molecule has 0 radical (unpaired) electrons. The molecule has 2 fully saturated rings. The number of hydrogen-bond donors (Lipinski definition) is 0. The fourth-order valence-electron chi connectivity index (χ4n) is 3.74. The molecule has 1 saturated carbocycles. The van der Waals surface area contributed by atoms with Crippen LogP contribution < -0.4 is 0 Å². The Morgan fingerprint density at radius 3 is 2.29 bits per heavy atom. The summed E-state index contributed by atoms with van der Waals surface area (Å²) < 4.78 is 0. The van der Waals surface area contributed by atoms with Gasteiger partial charge in [-0.1, -0.05) is 33.1 Å². The first-order chi connectivity index (χ1) is 8.19. The van der Waals surface area contributed by atoms with Crippen LogP contribution in [-0.2, 0) is 0 Å². The Balaban J connectivity index is 2.18. The molecule has 0 N–H and O–H groups in total. The summed E-state index contributed by atoms with van der Waals surface area (Å²) in [5, 5.41) is 9.78. The molecule has 0 bridgehead atoms. The predicted octanol–water partition coefficient (Wildman–Crippen LogP) is 3.58. The highest BCUT2D eigenvalue weighted by Gasteiger charge is 2.45. The van der Waals surface area contributed by atoms with Crippen LogP contribution in [0.4, 0.5) is 0 Å². The van der Waals surface area contributed by atoms with Crippen LogP contribution in [0, 0.1) is 23.2 Å². The van der Waals surface area contributed by atoms with Gasteiger partial charge >= 0.3 is 0 Å². The highest BCUT2D eigenvalue weighted by atomic mass is 15.2. The molecule has 0 aromatic carbocycles. The van der Waals surface area contributed by atoms with Gasteiger partial charge < -0.3 is 0 Å². The summed E-state index contributed by atoms with van der Waals surface area (Å²) in [5.41, 5.74) is -0.151. The van der Waals surface area contributed by atoms with Crippen LogP contribution in [0.5, 0.6) is 0 Å². The summed E-state index contributed by atoms with van der Waals surface area (Å²) in [4.78, 5) is 2.53. The van der Waals surface area contributed by atoms with E-state index in [9.17, 15) is 5.26 Å². The smallest absolute Gasteiger partial charge is 0.112 e. The van der Waals surface area contributed by atoms with Gasteiger partial charge in [-0.05, 0) is 50.6 Å². The van der Waals surface area contributed by atoms with Crippen molar-refractivity contribution < 1.29 is 0 Å². The van der Waals surface area contributed by atoms with Crippen molar-refractivity contribution in [1.82, 2.24) is 4.90 Å². The normalized spacial score (nSPS) is 40.5. The van der Waals surface area contributed by atoms with Gasteiger partial charge in [0.05, 0.1) is 6.07 Å². The third kappa shape index (κ3) is 2.50. The minimum atomic E-state index is -0.151. The lowest BCUT2D eigenvalue weighted by Gasteiger charge is -2.47. The van der Waals surface area contributed by atoms with Gasteiger partial charge in [0.25, 0.3) is 0 Å². The van der Waals surface area contributed by atoms with Crippen molar-refractivity contribution >= 4 is 0 Å². The first-order valence-corrected chi connectivity index (χ1v) is 7.35. The molecule has 1 aliphatic heterocycles. The predicted molar refractivity (Wildman–Crippen MR) is 70.6 cm³/mol. The second-order valence-electron chi connectivity index (χ2n) is 6.23. The molecule has 3 atom stereocenters. The molecule has 1 saturated heterocycles. The highest BCUT2D eigenvalue weighted by molar-refractivity contribution is 5.13. The van der Waals surface area contributed by atoms with Crippen molar-refractivity contribution in [3.63, 3.8) is 0 Å². The van der Waals surface area contributed by atoms with Crippen LogP contribution in [0.3, 0.4) is 0 Å². The summed E-state index contributed by atoms with van der Waals surface area (Å²) in [6.07, 6.45) is 8.88. The number of nitriles is 1. The second-order valence-corrected chi connectivity index (χ2v) is 6.23. The van der Waals surface area contributed by atoms with Gasteiger partial charge in [0, 0.05) is 0 Å². The highest BCUT2D eigenvalue weighted by Crippen LogP contribution is 2.41. The lowest BCUT2D eigenvalue weighted by atomic mass is 9.69. The molecule has 2 heteroatoms. The summed E-state index contributed by atoms with van der Waals surface area (Å²) in [6.45, 7) is 6.89. The minimum Gasteiger partial charge on any atom is -0.285 e. The monoisotopic (exact) mass is 234 g/mol. The van der Waals surface area contributed by atoms with Crippen molar-refractivity contribution in [2.45, 2.75) is 64.3 Å². The third-order valence-electron chi connectivity index (χ3n) is 4.93. The van der Waals surface area contributed by atoms with Crippen LogP contribution in [0.2, 0.25) is 0 Å². The van der Waals surface area contributed by atoms with Gasteiger partial charge in [0.1, 0.15) is 5.54 Å². The van der Waals surface area contributed by atoms with E-state index >= 15 is 0 Å². The average molecular weight is 234 g/mol. The molecule has 1 heterocycles. The van der Waals surface area contributed by atoms with Gasteiger partial charge in [-0.25, -0.2) is 0 Å². The molecular formula is C15H26N2. The summed E-state index contributed by atoms with van der Waals surface area (Å²) >= 11 is 0. The zero-order valence-electron chi connectivity index (χ0n) is 11.4. The summed E-state index contributed by atoms with van der Waals surface area (Å²) in [5.74, 6) is 1.26. The number of nitrogens with zero attached hydrogens (tertiary/aromatic N) is 2. The van der Waals surface area contributed by atoms with Crippen molar-refractivity contribution in [2.75, 3.05) is 13.1 Å². The number of rotatable bonds is 1. The molecule has 0 aromatic heterocycles. The second kappa shape index (κ2) is 5.40. The first kappa shape index (κ1) is 12.9. The van der Waals surface area contributed by atoms with Crippen LogP contribution >= 0.6 is 0 Å². The molecule has 0 amide bonds. The van der Waals surface area contributed by atoms with Gasteiger partial charge in [0.15, 0.2) is 0 Å². The molecule has 3 unspecified atom stereocenters. The van der Waals surface area contributed by atoms with Gasteiger partial charge in [-0.2, -0.15) is 5.26 Å². The van der Waals surface area contributed by atoms with Crippen molar-refractivity contribution in [2.24, 2.45) is 11.8 Å². The lowest BCUT2D eigenvalue weighted by Crippen LogP contribution is -2.55. The molecule has 2 rings (SSSR count). The van der Waals surface area contributed by atoms with Crippen LogP contribution in [0.25, 0.3) is 0 Å². The van der Waals surface area contributed by atoms with Crippen LogP contribution in [0.15, 0.2) is 0 Å². The van der Waals surface area contributed by atoms with Crippen LogP contribution in [-0.4, -0.2) is 23.5 Å². The maximum absolute atomic E-state index is 9.78. The zero-order valence-corrected chi connectivity index (χ0v) is 11.4. The molecule has 96 valence electrons. The minimum absolute atomic E-state index is 0.151. The van der Waals surface area contributed by atoms with Gasteiger partial charge in [0.2, 0.25) is 0 Å². The van der Waals surface area contributed by atoms with E-state index in [1.54, 1.807) is 0 Å². The average Bonchev–Trinajstić information content (AvgIpc) is 2.61. The molecule has 0 spiro atoms. The van der Waals surface area contributed by atoms with Crippen molar-refractivity contribution in [1.29, 1.82) is 5.26 Å². The van der Waals surface area contributed by atoms with Crippen molar-refractivity contribution in [3.8, 4) is 6.07 Å². The Kier molecular flexibility index (Phi) is 4.09. The largest absolute Gasteiger partial charge is 0.285 e. The fraction of sp³-hybridized carbons (Fsp3) is 0.933. The van der Waals surface area contributed by atoms with E-state index in [1.165, 1.54) is 38.5 Å². The standard InChI is InChI=1S/C15H26N2/c1-13-7-8-14(2)15(11-13,12-16)17-9-5-3-4-6-10-17/h13-14H,3-11H2,1-2H3. The Bertz CT molecular complexity index is 286. The van der Waals surface area contributed by atoms with Crippen molar-refractivity contribution in [3.05, 3.63) is 0 Å². The van der Waals surface area contributed by atoms with E-state index in [-0.39, 0.29) is 5.54 Å². The Morgan fingerprint density at radius 1 is 1.06 bits per heavy atom. The number of likely N-dealkylation sites (tertiary alicyclic amines) is 1. The molecule has 2 nitrogen and oxygen atoms in total. The van der Waals surface area contributed by atoms with E-state index < -0.39 is 0 Å². The Labute approximate surface area is 106 Å². The van der Waals surface area contributed by atoms with E-state index in [2.05, 4.69) is 24.8 Å². The maximum atomic E-state index is 9.78. The van der Waals surface area contributed by atoms with Gasteiger partial charge in [-0.3, -0.25) is 4.90 Å². The molecule has 1 aliphatic carbocycles. The number of hydrogen-bond acceptors (Lipinski definition) is 2. The molecule has 2 aliphatic rings. The van der Waals surface area contributed by atoms with E-state index in [4.69, 9.17) is 0 Å². The van der Waals surface area contributed by atoms with E-state index in [1.807, 2.05) is 0 Å². The molecule has 0 aromatic rings. The fourth-order valence-corrected chi connectivity index (χ4v) is 3.74. The third-order valence-corrected chi connectivity index (χ3v) is 4.93. The maximum Gasteiger partial charge on any atom is 0.112 e. The molecule has 17 heavy (non-hydrogen) atoms. The zero-order chi connectivity index (χ0) is 12.3. The van der Waals surface area contributed by atoms with E-state index in [0.717, 1.165) is 19.5 Å². The Morgan fingerprint density at radius 2 is 1.71 bits per heavy atom. The lowest BCUT2D eigenvalue weighted by molar-refractivity contribution is 0.0363. The molecular weight excluding hydrogens is 208 g/mol. The Hall–Kier alpha value is -0.550. The topological polar surface area (TPSA) is 27.0 Å². The SMILES string of the molecule is CC1CCC(C)C(C#N)(N2CCCCCC2)C1. The van der Waals surface area contributed by atoms with Gasteiger partial charge in [-0.15, -0.1) is 0 Å².